The number of nitrogens with one attached hydrogen (secondary N) is 2. The summed E-state index contributed by atoms with van der Waals surface area (Å²) in [6.07, 6.45) is 0. The van der Waals surface area contributed by atoms with E-state index in [1.165, 1.54) is 4.90 Å². The van der Waals surface area contributed by atoms with Crippen molar-refractivity contribution < 1.29 is 28.6 Å². The Morgan fingerprint density at radius 2 is 1.63 bits per heavy atom. The molecule has 0 saturated heterocycles. The van der Waals surface area contributed by atoms with E-state index in [0.717, 1.165) is 21.9 Å². The third-order valence-electron chi connectivity index (χ3n) is 7.46. The normalized spacial score (nSPS) is 15.4. The Labute approximate surface area is 259 Å². The number of carbonyl (C=O) groups is 3. The first kappa shape index (κ1) is 34.0. The van der Waals surface area contributed by atoms with Gasteiger partial charge < -0.3 is 34.6 Å². The van der Waals surface area contributed by atoms with Crippen LogP contribution in [0.2, 0.25) is 0 Å². The fourth-order valence-corrected chi connectivity index (χ4v) is 4.93. The van der Waals surface area contributed by atoms with Crippen LogP contribution in [0.4, 0.5) is 11.4 Å². The van der Waals surface area contributed by atoms with Crippen molar-refractivity contribution in [2.45, 2.75) is 32.5 Å². The lowest BCUT2D eigenvalue weighted by molar-refractivity contribution is -0.129. The molecule has 3 amide bonds. The maximum absolute atomic E-state index is 14.3. The standard InChI is InChI=1S/C32H40N4O6.ClH/c1-22-13-14-24-9-5-6-10-25(24)26(22)19-36-29-12-8-7-11-28(29)35(30(37)21-42-18-17-41-16-15-40-4)20-27(32(36)39)34-31(38)23(2)33-3;/h5-14,23,27,33H,15-21H2,1-4H3,(H,34,38);1H/t23-,27-;/m0./s1. The lowest BCUT2D eigenvalue weighted by Gasteiger charge is -2.27. The van der Waals surface area contributed by atoms with Gasteiger partial charge in [-0.15, -0.1) is 12.4 Å². The predicted octanol–water partition coefficient (Wildman–Crippen LogP) is 3.22. The van der Waals surface area contributed by atoms with Gasteiger partial charge in [0.1, 0.15) is 12.6 Å². The van der Waals surface area contributed by atoms with Crippen LogP contribution in [0.15, 0.2) is 60.7 Å². The molecule has 43 heavy (non-hydrogen) atoms. The molecule has 4 rings (SSSR count). The molecule has 2 N–H and O–H groups in total. The van der Waals surface area contributed by atoms with E-state index in [-0.39, 0.29) is 56.4 Å². The molecule has 232 valence electrons. The zero-order valence-electron chi connectivity index (χ0n) is 25.1. The summed E-state index contributed by atoms with van der Waals surface area (Å²) < 4.78 is 16.0. The van der Waals surface area contributed by atoms with Crippen molar-refractivity contribution in [1.82, 2.24) is 10.6 Å². The summed E-state index contributed by atoms with van der Waals surface area (Å²) in [5.41, 5.74) is 3.21. The lowest BCUT2D eigenvalue weighted by Crippen LogP contribution is -2.56. The number of amides is 3. The van der Waals surface area contributed by atoms with E-state index in [1.807, 2.05) is 61.5 Å². The Balaban J connectivity index is 0.00000506. The third kappa shape index (κ3) is 8.31. The number of likely N-dealkylation sites (N-methyl/N-ethyl adjacent to an activating group) is 1. The second-order valence-corrected chi connectivity index (χ2v) is 10.2. The van der Waals surface area contributed by atoms with Crippen LogP contribution < -0.4 is 20.4 Å². The number of carbonyl (C=O) groups excluding carboxylic acids is 3. The average molecular weight is 613 g/mol. The number of nitrogens with zero attached hydrogens (tertiary/aromatic N) is 2. The summed E-state index contributed by atoms with van der Waals surface area (Å²) in [5.74, 6) is -0.953. The monoisotopic (exact) mass is 612 g/mol. The van der Waals surface area contributed by atoms with Crippen molar-refractivity contribution >= 4 is 52.3 Å². The fourth-order valence-electron chi connectivity index (χ4n) is 4.93. The molecule has 1 aliphatic heterocycles. The van der Waals surface area contributed by atoms with Crippen LogP contribution >= 0.6 is 12.4 Å². The lowest BCUT2D eigenvalue weighted by atomic mass is 9.99. The quantitative estimate of drug-likeness (QED) is 0.285. The summed E-state index contributed by atoms with van der Waals surface area (Å²) >= 11 is 0. The Kier molecular flexibility index (Phi) is 12.9. The van der Waals surface area contributed by atoms with Crippen molar-refractivity contribution in [3.8, 4) is 0 Å². The smallest absolute Gasteiger partial charge is 0.253 e. The summed E-state index contributed by atoms with van der Waals surface area (Å²) in [4.78, 5) is 44.0. The number of fused-ring (bicyclic) bond motifs is 2. The topological polar surface area (TPSA) is 109 Å². The summed E-state index contributed by atoms with van der Waals surface area (Å²) in [6.45, 7) is 5.25. The zero-order chi connectivity index (χ0) is 30.1. The van der Waals surface area contributed by atoms with E-state index in [1.54, 1.807) is 26.0 Å². The molecule has 0 fully saturated rings. The minimum Gasteiger partial charge on any atom is -0.382 e. The molecule has 10 nitrogen and oxygen atoms in total. The Bertz CT molecular complexity index is 1400. The fraction of sp³-hybridized carbons (Fsp3) is 0.406. The first-order valence-corrected chi connectivity index (χ1v) is 14.2. The molecule has 1 heterocycles. The van der Waals surface area contributed by atoms with Crippen molar-refractivity contribution in [2.75, 3.05) is 63.5 Å². The van der Waals surface area contributed by atoms with Gasteiger partial charge in [-0.25, -0.2) is 0 Å². The number of hydrogen-bond acceptors (Lipinski definition) is 7. The van der Waals surface area contributed by atoms with Crippen LogP contribution in [0.3, 0.4) is 0 Å². The van der Waals surface area contributed by atoms with Gasteiger partial charge in [0, 0.05) is 7.11 Å². The first-order chi connectivity index (χ1) is 20.3. The highest BCUT2D eigenvalue weighted by Gasteiger charge is 2.37. The van der Waals surface area contributed by atoms with E-state index in [9.17, 15) is 14.4 Å². The van der Waals surface area contributed by atoms with E-state index < -0.39 is 12.1 Å². The van der Waals surface area contributed by atoms with Crippen LogP contribution in [0, 0.1) is 6.92 Å². The highest BCUT2D eigenvalue weighted by molar-refractivity contribution is 6.08. The maximum Gasteiger partial charge on any atom is 0.253 e. The summed E-state index contributed by atoms with van der Waals surface area (Å²) in [6, 6.07) is 18.0. The molecule has 3 aromatic carbocycles. The number of anilines is 2. The van der Waals surface area contributed by atoms with Crippen molar-refractivity contribution in [1.29, 1.82) is 0 Å². The predicted molar refractivity (Wildman–Crippen MR) is 170 cm³/mol. The number of methoxy groups -OCH3 is 1. The number of para-hydroxylation sites is 2. The summed E-state index contributed by atoms with van der Waals surface area (Å²) in [7, 11) is 3.28. The molecule has 0 radical (unpaired) electrons. The van der Waals surface area contributed by atoms with Gasteiger partial charge in [0.15, 0.2) is 0 Å². The molecule has 0 saturated carbocycles. The van der Waals surface area contributed by atoms with Crippen LogP contribution in [-0.4, -0.2) is 83.5 Å². The van der Waals surface area contributed by atoms with E-state index in [2.05, 4.69) is 16.7 Å². The SMILES string of the molecule is CN[C@@H](C)C(=O)N[C@H]1CN(C(=O)COCCOCCOC)c2ccccc2N(Cc2c(C)ccc3ccccc23)C1=O.Cl. The first-order valence-electron chi connectivity index (χ1n) is 14.2. The van der Waals surface area contributed by atoms with Gasteiger partial charge in [-0.2, -0.15) is 0 Å². The second kappa shape index (κ2) is 16.3. The zero-order valence-corrected chi connectivity index (χ0v) is 25.9. The number of aryl methyl sites for hydroxylation is 1. The van der Waals surface area contributed by atoms with E-state index in [0.29, 0.717) is 31.2 Å². The number of benzene rings is 3. The number of rotatable bonds is 13. The van der Waals surface area contributed by atoms with Crippen LogP contribution in [0.5, 0.6) is 0 Å². The molecule has 0 bridgehead atoms. The van der Waals surface area contributed by atoms with Gasteiger partial charge in [0.2, 0.25) is 5.91 Å². The Morgan fingerprint density at radius 1 is 0.953 bits per heavy atom. The highest BCUT2D eigenvalue weighted by atomic mass is 35.5. The van der Waals surface area contributed by atoms with Crippen LogP contribution in [0.1, 0.15) is 18.1 Å². The third-order valence-corrected chi connectivity index (χ3v) is 7.46. The molecule has 0 spiro atoms. The molecule has 3 aromatic rings. The van der Waals surface area contributed by atoms with E-state index in [4.69, 9.17) is 14.2 Å². The molecule has 0 aromatic heterocycles. The van der Waals surface area contributed by atoms with Gasteiger partial charge in [0.25, 0.3) is 11.8 Å². The van der Waals surface area contributed by atoms with Gasteiger partial charge in [-0.1, -0.05) is 48.5 Å². The minimum atomic E-state index is -0.975. The minimum absolute atomic E-state index is 0. The van der Waals surface area contributed by atoms with E-state index >= 15 is 0 Å². The number of hydrogen-bond donors (Lipinski definition) is 2. The van der Waals surface area contributed by atoms with Crippen LogP contribution in [-0.2, 0) is 35.1 Å². The molecule has 1 aliphatic rings. The number of halogens is 1. The number of ether oxygens (including phenoxy) is 3. The molecular weight excluding hydrogens is 572 g/mol. The highest BCUT2D eigenvalue weighted by Crippen LogP contribution is 2.35. The van der Waals surface area contributed by atoms with Crippen molar-refractivity contribution in [3.05, 3.63) is 71.8 Å². The van der Waals surface area contributed by atoms with Gasteiger partial charge in [-0.3, -0.25) is 14.4 Å². The Morgan fingerprint density at radius 3 is 2.37 bits per heavy atom. The average Bonchev–Trinajstić information content (AvgIpc) is 3.12. The van der Waals surface area contributed by atoms with Crippen molar-refractivity contribution in [2.24, 2.45) is 0 Å². The molecule has 2 atom stereocenters. The van der Waals surface area contributed by atoms with Gasteiger partial charge in [0.05, 0.1) is 56.9 Å². The molecule has 0 aliphatic carbocycles. The largest absolute Gasteiger partial charge is 0.382 e. The second-order valence-electron chi connectivity index (χ2n) is 10.2. The molecule has 0 unspecified atom stereocenters. The van der Waals surface area contributed by atoms with Crippen molar-refractivity contribution in [3.63, 3.8) is 0 Å². The summed E-state index contributed by atoms with van der Waals surface area (Å²) in [5, 5.41) is 7.91. The molecular formula is C32H41ClN4O6. The maximum atomic E-state index is 14.3. The Hall–Kier alpha value is -3.54. The van der Waals surface area contributed by atoms with Crippen LogP contribution in [0.25, 0.3) is 10.8 Å². The molecule has 11 heteroatoms. The van der Waals surface area contributed by atoms with Gasteiger partial charge in [-0.05, 0) is 54.9 Å². The van der Waals surface area contributed by atoms with Gasteiger partial charge >= 0.3 is 0 Å².